The molecule has 0 spiro atoms. The molecular formula is C12H17Br2N. The molecule has 0 amide bonds. The Morgan fingerprint density at radius 1 is 1.33 bits per heavy atom. The highest BCUT2D eigenvalue weighted by Crippen LogP contribution is 2.18. The topological polar surface area (TPSA) is 12.9 Å². The molecule has 3 heteroatoms. The Hall–Kier alpha value is 0.110. The second-order valence-corrected chi connectivity index (χ2v) is 6.21. The van der Waals surface area contributed by atoms with Crippen LogP contribution < -0.4 is 0 Å². The molecule has 1 heterocycles. The third-order valence-electron chi connectivity index (χ3n) is 2.42. The molecule has 0 aliphatic heterocycles. The quantitative estimate of drug-likeness (QED) is 0.718. The van der Waals surface area contributed by atoms with Crippen LogP contribution in [0.3, 0.4) is 0 Å². The van der Waals surface area contributed by atoms with Crippen molar-refractivity contribution >= 4 is 31.9 Å². The highest BCUT2D eigenvalue weighted by Gasteiger charge is 2.08. The van der Waals surface area contributed by atoms with Crippen LogP contribution in [0, 0.1) is 5.92 Å². The Morgan fingerprint density at radius 3 is 2.60 bits per heavy atom. The lowest BCUT2D eigenvalue weighted by atomic mass is 10.0. The van der Waals surface area contributed by atoms with Crippen molar-refractivity contribution in [3.05, 3.63) is 28.5 Å². The summed E-state index contributed by atoms with van der Waals surface area (Å²) < 4.78 is 1.05. The molecule has 1 aromatic heterocycles. The van der Waals surface area contributed by atoms with E-state index in [1.165, 1.54) is 18.5 Å². The van der Waals surface area contributed by atoms with Crippen LogP contribution in [-0.2, 0) is 6.42 Å². The molecule has 1 unspecified atom stereocenters. The molecule has 0 bridgehead atoms. The fraction of sp³-hybridized carbons (Fsp3) is 0.583. The maximum atomic E-state index is 4.36. The van der Waals surface area contributed by atoms with Gasteiger partial charge in [0.15, 0.2) is 0 Å². The molecule has 1 rings (SSSR count). The molecule has 0 aromatic carbocycles. The van der Waals surface area contributed by atoms with Gasteiger partial charge >= 0.3 is 0 Å². The third-order valence-corrected chi connectivity index (χ3v) is 4.41. The lowest BCUT2D eigenvalue weighted by Crippen LogP contribution is -2.07. The van der Waals surface area contributed by atoms with Crippen LogP contribution in [0.15, 0.2) is 22.8 Å². The Labute approximate surface area is 109 Å². The summed E-state index contributed by atoms with van der Waals surface area (Å²) in [6, 6.07) is 4.14. The fourth-order valence-corrected chi connectivity index (χ4v) is 1.92. The largest absolute Gasteiger partial charge is 0.260 e. The lowest BCUT2D eigenvalue weighted by Gasteiger charge is -2.12. The maximum Gasteiger partial charge on any atom is 0.0413 e. The molecule has 0 saturated carbocycles. The van der Waals surface area contributed by atoms with Crippen molar-refractivity contribution in [1.29, 1.82) is 0 Å². The zero-order chi connectivity index (χ0) is 11.3. The van der Waals surface area contributed by atoms with Crippen molar-refractivity contribution in [2.24, 2.45) is 5.92 Å². The summed E-state index contributed by atoms with van der Waals surface area (Å²) in [4.78, 5) is 4.99. The van der Waals surface area contributed by atoms with Gasteiger partial charge in [0.25, 0.3) is 0 Å². The monoisotopic (exact) mass is 333 g/mol. The first-order chi connectivity index (χ1) is 7.09. The van der Waals surface area contributed by atoms with Crippen molar-refractivity contribution < 1.29 is 0 Å². The number of hydrogen-bond acceptors (Lipinski definition) is 1. The molecule has 1 nitrogen and oxygen atoms in total. The number of rotatable bonds is 5. The molecule has 0 aliphatic rings. The Balaban J connectivity index is 2.29. The smallest absolute Gasteiger partial charge is 0.0413 e. The van der Waals surface area contributed by atoms with Gasteiger partial charge in [-0.1, -0.05) is 29.8 Å². The number of pyridine rings is 1. The number of halogens is 2. The molecular weight excluding hydrogens is 318 g/mol. The average molecular weight is 335 g/mol. The van der Waals surface area contributed by atoms with E-state index in [4.69, 9.17) is 0 Å². The Kier molecular flexibility index (Phi) is 5.83. The second kappa shape index (κ2) is 6.64. The zero-order valence-corrected chi connectivity index (χ0v) is 12.4. The number of aryl methyl sites for hydroxylation is 1. The van der Waals surface area contributed by atoms with Crippen molar-refractivity contribution in [2.45, 2.75) is 37.9 Å². The lowest BCUT2D eigenvalue weighted by molar-refractivity contribution is 0.561. The SMILES string of the molecule is CC(C)C(Br)CCCc1ccc(Br)cn1. The molecule has 1 atom stereocenters. The van der Waals surface area contributed by atoms with E-state index >= 15 is 0 Å². The average Bonchev–Trinajstić information content (AvgIpc) is 2.20. The summed E-state index contributed by atoms with van der Waals surface area (Å²) in [7, 11) is 0. The predicted molar refractivity (Wildman–Crippen MR) is 72.4 cm³/mol. The van der Waals surface area contributed by atoms with Gasteiger partial charge in [-0.25, -0.2) is 0 Å². The first-order valence-corrected chi connectivity index (χ1v) is 7.05. The number of hydrogen-bond donors (Lipinski definition) is 0. The van der Waals surface area contributed by atoms with Crippen molar-refractivity contribution in [3.63, 3.8) is 0 Å². The normalized spacial score (nSPS) is 13.1. The highest BCUT2D eigenvalue weighted by molar-refractivity contribution is 9.10. The van der Waals surface area contributed by atoms with E-state index in [1.807, 2.05) is 6.20 Å². The molecule has 15 heavy (non-hydrogen) atoms. The second-order valence-electron chi connectivity index (χ2n) is 4.12. The first kappa shape index (κ1) is 13.2. The zero-order valence-electron chi connectivity index (χ0n) is 9.21. The number of alkyl halides is 1. The molecule has 0 radical (unpaired) electrons. The highest BCUT2D eigenvalue weighted by atomic mass is 79.9. The van der Waals surface area contributed by atoms with Gasteiger partial charge in [0.05, 0.1) is 0 Å². The summed E-state index contributed by atoms with van der Waals surface area (Å²) in [5, 5.41) is 0. The molecule has 84 valence electrons. The van der Waals surface area contributed by atoms with Crippen LogP contribution in [0.2, 0.25) is 0 Å². The summed E-state index contributed by atoms with van der Waals surface area (Å²) in [5.74, 6) is 0.711. The van der Waals surface area contributed by atoms with Gasteiger partial charge in [-0.2, -0.15) is 0 Å². The summed E-state index contributed by atoms with van der Waals surface area (Å²) in [6.07, 6.45) is 5.35. The van der Waals surface area contributed by atoms with E-state index < -0.39 is 0 Å². The summed E-state index contributed by atoms with van der Waals surface area (Å²) in [5.41, 5.74) is 1.18. The standard InChI is InChI=1S/C12H17Br2N/c1-9(2)12(14)5-3-4-11-7-6-10(13)8-15-11/h6-9,12H,3-5H2,1-2H3. The Bertz CT molecular complexity index is 282. The van der Waals surface area contributed by atoms with Gasteiger partial charge in [-0.05, 0) is 53.2 Å². The molecule has 0 saturated heterocycles. The molecule has 0 aliphatic carbocycles. The minimum Gasteiger partial charge on any atom is -0.260 e. The number of nitrogens with zero attached hydrogens (tertiary/aromatic N) is 1. The van der Waals surface area contributed by atoms with Crippen LogP contribution in [0.4, 0.5) is 0 Å². The van der Waals surface area contributed by atoms with Crippen LogP contribution in [-0.4, -0.2) is 9.81 Å². The van der Waals surface area contributed by atoms with Crippen LogP contribution in [0.1, 0.15) is 32.4 Å². The van der Waals surface area contributed by atoms with Gasteiger partial charge in [0, 0.05) is 21.2 Å². The van der Waals surface area contributed by atoms with E-state index in [2.05, 4.69) is 62.8 Å². The van der Waals surface area contributed by atoms with Gasteiger partial charge in [-0.3, -0.25) is 4.98 Å². The van der Waals surface area contributed by atoms with Gasteiger partial charge in [0.2, 0.25) is 0 Å². The van der Waals surface area contributed by atoms with Crippen LogP contribution in [0.25, 0.3) is 0 Å². The fourth-order valence-electron chi connectivity index (χ4n) is 1.37. The third kappa shape index (κ3) is 5.12. The minimum atomic E-state index is 0.632. The van der Waals surface area contributed by atoms with Crippen molar-refractivity contribution in [1.82, 2.24) is 4.98 Å². The van der Waals surface area contributed by atoms with Crippen molar-refractivity contribution in [2.75, 3.05) is 0 Å². The molecule has 0 fully saturated rings. The van der Waals surface area contributed by atoms with Crippen LogP contribution in [0.5, 0.6) is 0 Å². The summed E-state index contributed by atoms with van der Waals surface area (Å²) in [6.45, 7) is 4.49. The predicted octanol–water partition coefficient (Wildman–Crippen LogP) is 4.59. The molecule has 1 aromatic rings. The van der Waals surface area contributed by atoms with E-state index in [0.717, 1.165) is 10.9 Å². The Morgan fingerprint density at radius 2 is 2.07 bits per heavy atom. The molecule has 0 N–H and O–H groups in total. The van der Waals surface area contributed by atoms with Gasteiger partial charge in [0.1, 0.15) is 0 Å². The van der Waals surface area contributed by atoms with Crippen molar-refractivity contribution in [3.8, 4) is 0 Å². The van der Waals surface area contributed by atoms with E-state index in [9.17, 15) is 0 Å². The summed E-state index contributed by atoms with van der Waals surface area (Å²) >= 11 is 7.09. The maximum absolute atomic E-state index is 4.36. The van der Waals surface area contributed by atoms with E-state index in [-0.39, 0.29) is 0 Å². The van der Waals surface area contributed by atoms with Gasteiger partial charge < -0.3 is 0 Å². The van der Waals surface area contributed by atoms with Gasteiger partial charge in [-0.15, -0.1) is 0 Å². The number of aromatic nitrogens is 1. The minimum absolute atomic E-state index is 0.632. The van der Waals surface area contributed by atoms with E-state index in [1.54, 1.807) is 0 Å². The first-order valence-electron chi connectivity index (χ1n) is 5.34. The van der Waals surface area contributed by atoms with E-state index in [0.29, 0.717) is 10.7 Å². The van der Waals surface area contributed by atoms with Crippen LogP contribution >= 0.6 is 31.9 Å².